The molecule has 0 saturated carbocycles. The van der Waals surface area contributed by atoms with Gasteiger partial charge in [0, 0.05) is 44.5 Å². The minimum atomic E-state index is 0.604. The van der Waals surface area contributed by atoms with Crippen LogP contribution in [-0.4, -0.2) is 60.2 Å². The van der Waals surface area contributed by atoms with Crippen LogP contribution in [0.1, 0.15) is 26.7 Å². The largest absolute Gasteiger partial charge is 0.478 e. The van der Waals surface area contributed by atoms with Gasteiger partial charge < -0.3 is 15.4 Å². The Hall–Kier alpha value is -1.40. The number of nitrogens with two attached hydrogens (primary N) is 1. The quantitative estimate of drug-likeness (QED) is 0.813. The Kier molecular flexibility index (Phi) is 6.20. The van der Waals surface area contributed by atoms with Gasteiger partial charge in [-0.3, -0.25) is 4.90 Å². The highest BCUT2D eigenvalue weighted by atomic mass is 16.5. The average Bonchev–Trinajstić information content (AvgIpc) is 2.53. The molecule has 2 heterocycles. The molecular weight excluding hydrogens is 266 g/mol. The standard InChI is InChI=1S/C15H27N5O/c1-3-13(5-7-16)19-9-11-20(12-10-19)15-17-8-6-14(18-15)21-4-2/h6,8,13H,3-5,7,9-12,16H2,1-2H3. The minimum Gasteiger partial charge on any atom is -0.478 e. The van der Waals surface area contributed by atoms with E-state index in [0.29, 0.717) is 18.5 Å². The molecule has 1 fully saturated rings. The first-order valence-corrected chi connectivity index (χ1v) is 7.93. The van der Waals surface area contributed by atoms with E-state index in [4.69, 9.17) is 10.5 Å². The Bertz CT molecular complexity index is 420. The van der Waals surface area contributed by atoms with Crippen molar-refractivity contribution < 1.29 is 4.74 Å². The molecule has 0 aromatic carbocycles. The monoisotopic (exact) mass is 293 g/mol. The topological polar surface area (TPSA) is 67.5 Å². The smallest absolute Gasteiger partial charge is 0.228 e. The molecule has 1 aliphatic rings. The van der Waals surface area contributed by atoms with Gasteiger partial charge in [-0.05, 0) is 26.3 Å². The average molecular weight is 293 g/mol. The van der Waals surface area contributed by atoms with Crippen molar-refractivity contribution in [3.63, 3.8) is 0 Å². The van der Waals surface area contributed by atoms with Gasteiger partial charge in [-0.1, -0.05) is 6.92 Å². The minimum absolute atomic E-state index is 0.604. The summed E-state index contributed by atoms with van der Waals surface area (Å²) in [6, 6.07) is 2.41. The Balaban J connectivity index is 1.92. The predicted octanol–water partition coefficient (Wildman–Crippen LogP) is 1.12. The molecule has 2 rings (SSSR count). The molecule has 118 valence electrons. The summed E-state index contributed by atoms with van der Waals surface area (Å²) in [4.78, 5) is 13.6. The normalized spacial score (nSPS) is 17.8. The molecule has 0 aliphatic carbocycles. The van der Waals surface area contributed by atoms with Crippen LogP contribution in [0.4, 0.5) is 5.95 Å². The van der Waals surface area contributed by atoms with Crippen LogP contribution in [0.3, 0.4) is 0 Å². The van der Waals surface area contributed by atoms with E-state index in [9.17, 15) is 0 Å². The highest BCUT2D eigenvalue weighted by molar-refractivity contribution is 5.32. The van der Waals surface area contributed by atoms with E-state index in [1.54, 1.807) is 12.3 Å². The van der Waals surface area contributed by atoms with Crippen LogP contribution in [0.15, 0.2) is 12.3 Å². The van der Waals surface area contributed by atoms with Gasteiger partial charge in [-0.15, -0.1) is 0 Å². The van der Waals surface area contributed by atoms with Crippen molar-refractivity contribution in [1.29, 1.82) is 0 Å². The Morgan fingerprint density at radius 3 is 2.67 bits per heavy atom. The summed E-state index contributed by atoms with van der Waals surface area (Å²) in [6.07, 6.45) is 4.00. The highest BCUT2D eigenvalue weighted by Gasteiger charge is 2.23. The Morgan fingerprint density at radius 1 is 1.29 bits per heavy atom. The molecule has 6 heteroatoms. The number of anilines is 1. The summed E-state index contributed by atoms with van der Waals surface area (Å²) in [7, 11) is 0. The van der Waals surface area contributed by atoms with Crippen LogP contribution in [0, 0.1) is 0 Å². The highest BCUT2D eigenvalue weighted by Crippen LogP contribution is 2.17. The molecule has 1 atom stereocenters. The fourth-order valence-electron chi connectivity index (χ4n) is 2.84. The van der Waals surface area contributed by atoms with Crippen molar-refractivity contribution in [3.05, 3.63) is 12.3 Å². The maximum Gasteiger partial charge on any atom is 0.228 e. The first kappa shape index (κ1) is 16.0. The fraction of sp³-hybridized carbons (Fsp3) is 0.733. The zero-order chi connectivity index (χ0) is 15.1. The first-order chi connectivity index (χ1) is 10.3. The number of ether oxygens (including phenoxy) is 1. The van der Waals surface area contributed by atoms with Gasteiger partial charge in [0.1, 0.15) is 0 Å². The fourth-order valence-corrected chi connectivity index (χ4v) is 2.84. The van der Waals surface area contributed by atoms with Gasteiger partial charge in [0.05, 0.1) is 6.61 Å². The summed E-state index contributed by atoms with van der Waals surface area (Å²) in [6.45, 7) is 9.58. The van der Waals surface area contributed by atoms with Crippen LogP contribution in [0.25, 0.3) is 0 Å². The predicted molar refractivity (Wildman–Crippen MR) is 84.7 cm³/mol. The van der Waals surface area contributed by atoms with Gasteiger partial charge >= 0.3 is 0 Å². The van der Waals surface area contributed by atoms with Gasteiger partial charge in [-0.25, -0.2) is 4.98 Å². The maximum atomic E-state index is 5.70. The number of nitrogens with zero attached hydrogens (tertiary/aromatic N) is 4. The second-order valence-corrected chi connectivity index (χ2v) is 5.29. The number of rotatable bonds is 7. The summed E-state index contributed by atoms with van der Waals surface area (Å²) in [5.41, 5.74) is 5.70. The van der Waals surface area contributed by atoms with E-state index in [-0.39, 0.29) is 0 Å². The first-order valence-electron chi connectivity index (χ1n) is 7.93. The molecule has 2 N–H and O–H groups in total. The summed E-state index contributed by atoms with van der Waals surface area (Å²) < 4.78 is 5.44. The van der Waals surface area contributed by atoms with E-state index in [0.717, 1.165) is 51.5 Å². The number of piperazine rings is 1. The molecule has 0 spiro atoms. The van der Waals surface area contributed by atoms with Gasteiger partial charge in [0.2, 0.25) is 11.8 Å². The summed E-state index contributed by atoms with van der Waals surface area (Å²) in [5, 5.41) is 0. The Labute approximate surface area is 127 Å². The SMILES string of the molecule is CCOc1ccnc(N2CCN(C(CC)CCN)CC2)n1. The van der Waals surface area contributed by atoms with E-state index in [2.05, 4.69) is 26.7 Å². The number of hydrogen-bond acceptors (Lipinski definition) is 6. The summed E-state index contributed by atoms with van der Waals surface area (Å²) in [5.74, 6) is 1.42. The second-order valence-electron chi connectivity index (χ2n) is 5.29. The van der Waals surface area contributed by atoms with Crippen molar-refractivity contribution in [2.24, 2.45) is 5.73 Å². The van der Waals surface area contributed by atoms with Crippen LogP contribution >= 0.6 is 0 Å². The third-order valence-corrected chi connectivity index (χ3v) is 3.99. The lowest BCUT2D eigenvalue weighted by atomic mass is 10.1. The lowest BCUT2D eigenvalue weighted by molar-refractivity contribution is 0.172. The second kappa shape index (κ2) is 8.14. The molecule has 0 amide bonds. The van der Waals surface area contributed by atoms with Crippen molar-refractivity contribution in [1.82, 2.24) is 14.9 Å². The van der Waals surface area contributed by atoms with Crippen molar-refractivity contribution in [3.8, 4) is 5.88 Å². The van der Waals surface area contributed by atoms with E-state index in [1.165, 1.54) is 0 Å². The lowest BCUT2D eigenvalue weighted by Gasteiger charge is -2.39. The van der Waals surface area contributed by atoms with E-state index in [1.807, 2.05) is 6.92 Å². The maximum absolute atomic E-state index is 5.70. The van der Waals surface area contributed by atoms with Gasteiger partial charge in [0.25, 0.3) is 0 Å². The molecule has 0 bridgehead atoms. The lowest BCUT2D eigenvalue weighted by Crippen LogP contribution is -2.51. The zero-order valence-electron chi connectivity index (χ0n) is 13.2. The van der Waals surface area contributed by atoms with Crippen LogP contribution in [0.2, 0.25) is 0 Å². The molecule has 0 radical (unpaired) electrons. The molecule has 1 aromatic rings. The third kappa shape index (κ3) is 4.28. The van der Waals surface area contributed by atoms with Crippen molar-refractivity contribution >= 4 is 5.95 Å². The summed E-state index contributed by atoms with van der Waals surface area (Å²) >= 11 is 0. The number of aromatic nitrogens is 2. The molecular formula is C15H27N5O. The molecule has 6 nitrogen and oxygen atoms in total. The molecule has 1 unspecified atom stereocenters. The molecule has 1 aliphatic heterocycles. The van der Waals surface area contributed by atoms with E-state index < -0.39 is 0 Å². The number of hydrogen-bond donors (Lipinski definition) is 1. The van der Waals surface area contributed by atoms with Crippen LogP contribution < -0.4 is 15.4 Å². The van der Waals surface area contributed by atoms with Crippen molar-refractivity contribution in [2.45, 2.75) is 32.7 Å². The van der Waals surface area contributed by atoms with E-state index >= 15 is 0 Å². The van der Waals surface area contributed by atoms with Crippen molar-refractivity contribution in [2.75, 3.05) is 44.2 Å². The molecule has 1 aromatic heterocycles. The van der Waals surface area contributed by atoms with Crippen LogP contribution in [-0.2, 0) is 0 Å². The zero-order valence-corrected chi connectivity index (χ0v) is 13.2. The van der Waals surface area contributed by atoms with Gasteiger partial charge in [0.15, 0.2) is 0 Å². The molecule has 1 saturated heterocycles. The Morgan fingerprint density at radius 2 is 2.05 bits per heavy atom. The molecule has 21 heavy (non-hydrogen) atoms. The van der Waals surface area contributed by atoms with Crippen LogP contribution in [0.5, 0.6) is 5.88 Å². The van der Waals surface area contributed by atoms with Gasteiger partial charge in [-0.2, -0.15) is 4.98 Å². The third-order valence-electron chi connectivity index (χ3n) is 3.99.